The van der Waals surface area contributed by atoms with Gasteiger partial charge in [0.2, 0.25) is 5.91 Å². The number of nitrogens with one attached hydrogen (secondary N) is 2. The topological polar surface area (TPSA) is 71.8 Å². The number of amides is 1. The molecule has 2 heterocycles. The van der Waals surface area contributed by atoms with Gasteiger partial charge in [-0.3, -0.25) is 14.5 Å². The molecule has 3 aromatic rings. The first-order valence-corrected chi connectivity index (χ1v) is 7.61. The van der Waals surface area contributed by atoms with E-state index >= 15 is 0 Å². The average molecular weight is 309 g/mol. The molecule has 0 spiro atoms. The monoisotopic (exact) mass is 309 g/mol. The molecule has 0 saturated carbocycles. The van der Waals surface area contributed by atoms with Crippen LogP contribution in [0.25, 0.3) is 10.9 Å². The third kappa shape index (κ3) is 3.31. The van der Waals surface area contributed by atoms with Gasteiger partial charge >= 0.3 is 0 Å². The van der Waals surface area contributed by atoms with Crippen molar-refractivity contribution < 1.29 is 4.79 Å². The maximum absolute atomic E-state index is 12.4. The summed E-state index contributed by atoms with van der Waals surface area (Å²) in [4.78, 5) is 16.7. The minimum atomic E-state index is -0.378. The minimum absolute atomic E-state index is 0.106. The van der Waals surface area contributed by atoms with Crippen molar-refractivity contribution in [1.82, 2.24) is 14.8 Å². The lowest BCUT2D eigenvalue weighted by atomic mass is 10.1. The van der Waals surface area contributed by atoms with Gasteiger partial charge in [-0.2, -0.15) is 5.10 Å². The van der Waals surface area contributed by atoms with Crippen LogP contribution in [0.3, 0.4) is 0 Å². The Morgan fingerprint density at radius 3 is 2.96 bits per heavy atom. The van der Waals surface area contributed by atoms with E-state index in [0.717, 1.165) is 28.8 Å². The molecule has 0 radical (unpaired) electrons. The number of carbonyl (C=O) groups excluding carboxylic acids is 1. The highest BCUT2D eigenvalue weighted by Crippen LogP contribution is 2.21. The second-order valence-corrected chi connectivity index (χ2v) is 5.32. The molecule has 0 fully saturated rings. The molecule has 1 amide bonds. The van der Waals surface area contributed by atoms with Crippen molar-refractivity contribution in [3.8, 4) is 0 Å². The van der Waals surface area contributed by atoms with Crippen molar-refractivity contribution >= 4 is 28.2 Å². The maximum atomic E-state index is 12.4. The van der Waals surface area contributed by atoms with Crippen LogP contribution in [0.4, 0.5) is 11.4 Å². The number of hydrogen-bond acceptors (Lipinski definition) is 4. The quantitative estimate of drug-likeness (QED) is 0.760. The summed E-state index contributed by atoms with van der Waals surface area (Å²) in [6.45, 7) is 4.63. The zero-order chi connectivity index (χ0) is 16.2. The highest BCUT2D eigenvalue weighted by Gasteiger charge is 2.14. The molecule has 3 rings (SSSR count). The van der Waals surface area contributed by atoms with Crippen molar-refractivity contribution in [1.29, 1.82) is 0 Å². The first kappa shape index (κ1) is 15.0. The zero-order valence-corrected chi connectivity index (χ0v) is 13.2. The number of carbonyl (C=O) groups is 1. The standard InChI is InChI=1S/C17H19N5O/c1-3-22-11-13(10-19-22)20-12(2)17(23)21-16-8-4-7-15-14(16)6-5-9-18-15/h4-12,20H,3H2,1-2H3,(H,21,23). The molecule has 2 aromatic heterocycles. The van der Waals surface area contributed by atoms with E-state index in [2.05, 4.69) is 20.7 Å². The van der Waals surface area contributed by atoms with Crippen LogP contribution in [0.5, 0.6) is 0 Å². The van der Waals surface area contributed by atoms with E-state index in [1.807, 2.05) is 55.1 Å². The van der Waals surface area contributed by atoms with Crippen LogP contribution in [-0.2, 0) is 11.3 Å². The molecular weight excluding hydrogens is 290 g/mol. The Labute approximate surface area is 134 Å². The molecule has 0 aliphatic carbocycles. The van der Waals surface area contributed by atoms with Crippen LogP contribution in [-0.4, -0.2) is 26.7 Å². The van der Waals surface area contributed by atoms with E-state index in [1.165, 1.54) is 0 Å². The third-order valence-corrected chi connectivity index (χ3v) is 3.64. The van der Waals surface area contributed by atoms with Gasteiger partial charge in [-0.15, -0.1) is 0 Å². The summed E-state index contributed by atoms with van der Waals surface area (Å²) in [7, 11) is 0. The number of anilines is 2. The smallest absolute Gasteiger partial charge is 0.246 e. The number of pyridine rings is 1. The molecule has 1 atom stereocenters. The first-order chi connectivity index (χ1) is 11.2. The Balaban J connectivity index is 1.72. The molecule has 6 heteroatoms. The summed E-state index contributed by atoms with van der Waals surface area (Å²) in [5, 5.41) is 11.2. The molecule has 0 bridgehead atoms. The van der Waals surface area contributed by atoms with E-state index in [9.17, 15) is 4.79 Å². The summed E-state index contributed by atoms with van der Waals surface area (Å²) in [6, 6.07) is 9.11. The fraction of sp³-hybridized carbons (Fsp3) is 0.235. The molecule has 1 aromatic carbocycles. The number of fused-ring (bicyclic) bond motifs is 1. The number of hydrogen-bond donors (Lipinski definition) is 2. The van der Waals surface area contributed by atoms with Crippen molar-refractivity contribution in [2.45, 2.75) is 26.4 Å². The first-order valence-electron chi connectivity index (χ1n) is 7.61. The van der Waals surface area contributed by atoms with Gasteiger partial charge in [0.05, 0.1) is 23.1 Å². The van der Waals surface area contributed by atoms with E-state index < -0.39 is 0 Å². The highest BCUT2D eigenvalue weighted by atomic mass is 16.2. The van der Waals surface area contributed by atoms with Gasteiger partial charge in [0.15, 0.2) is 0 Å². The molecule has 0 aliphatic rings. The fourth-order valence-corrected chi connectivity index (χ4v) is 2.38. The number of aryl methyl sites for hydroxylation is 1. The van der Waals surface area contributed by atoms with Gasteiger partial charge in [-0.1, -0.05) is 6.07 Å². The van der Waals surface area contributed by atoms with Gasteiger partial charge in [0.1, 0.15) is 6.04 Å². The van der Waals surface area contributed by atoms with Crippen LogP contribution in [0, 0.1) is 0 Å². The van der Waals surface area contributed by atoms with Gasteiger partial charge in [-0.05, 0) is 38.1 Å². The van der Waals surface area contributed by atoms with Crippen LogP contribution in [0.15, 0.2) is 48.9 Å². The van der Waals surface area contributed by atoms with Crippen molar-refractivity contribution in [3.05, 3.63) is 48.9 Å². The molecular formula is C17H19N5O. The Morgan fingerprint density at radius 2 is 2.17 bits per heavy atom. The number of nitrogens with zero attached hydrogens (tertiary/aromatic N) is 3. The van der Waals surface area contributed by atoms with Crippen LogP contribution >= 0.6 is 0 Å². The molecule has 1 unspecified atom stereocenters. The van der Waals surface area contributed by atoms with Crippen molar-refractivity contribution in [3.63, 3.8) is 0 Å². The van der Waals surface area contributed by atoms with E-state index in [0.29, 0.717) is 0 Å². The molecule has 0 aliphatic heterocycles. The van der Waals surface area contributed by atoms with Crippen molar-refractivity contribution in [2.75, 3.05) is 10.6 Å². The maximum Gasteiger partial charge on any atom is 0.246 e. The van der Waals surface area contributed by atoms with Gasteiger partial charge in [0, 0.05) is 24.3 Å². The predicted octanol–water partition coefficient (Wildman–Crippen LogP) is 2.89. The molecule has 0 saturated heterocycles. The van der Waals surface area contributed by atoms with E-state index in [1.54, 1.807) is 12.4 Å². The van der Waals surface area contributed by atoms with Crippen LogP contribution < -0.4 is 10.6 Å². The third-order valence-electron chi connectivity index (χ3n) is 3.64. The average Bonchev–Trinajstić information content (AvgIpc) is 3.02. The SMILES string of the molecule is CCn1cc(NC(C)C(=O)Nc2cccc3ncccc23)cn1. The summed E-state index contributed by atoms with van der Waals surface area (Å²) in [5.74, 6) is -0.106. The Morgan fingerprint density at radius 1 is 1.30 bits per heavy atom. The summed E-state index contributed by atoms with van der Waals surface area (Å²) in [5.41, 5.74) is 2.45. The highest BCUT2D eigenvalue weighted by molar-refractivity contribution is 6.03. The number of rotatable bonds is 5. The van der Waals surface area contributed by atoms with E-state index in [4.69, 9.17) is 0 Å². The van der Waals surface area contributed by atoms with Crippen LogP contribution in [0.2, 0.25) is 0 Å². The second kappa shape index (κ2) is 6.48. The second-order valence-electron chi connectivity index (χ2n) is 5.32. The van der Waals surface area contributed by atoms with Crippen LogP contribution in [0.1, 0.15) is 13.8 Å². The normalized spacial score (nSPS) is 12.1. The number of aromatic nitrogens is 3. The Hall–Kier alpha value is -2.89. The summed E-state index contributed by atoms with van der Waals surface area (Å²) >= 11 is 0. The molecule has 6 nitrogen and oxygen atoms in total. The zero-order valence-electron chi connectivity index (χ0n) is 13.2. The Bertz CT molecular complexity index is 821. The fourth-order valence-electron chi connectivity index (χ4n) is 2.38. The van der Waals surface area contributed by atoms with Gasteiger partial charge in [0.25, 0.3) is 0 Å². The molecule has 118 valence electrons. The summed E-state index contributed by atoms with van der Waals surface area (Å²) < 4.78 is 1.81. The van der Waals surface area contributed by atoms with Gasteiger partial charge in [-0.25, -0.2) is 0 Å². The minimum Gasteiger partial charge on any atom is -0.371 e. The summed E-state index contributed by atoms with van der Waals surface area (Å²) in [6.07, 6.45) is 5.34. The van der Waals surface area contributed by atoms with E-state index in [-0.39, 0.29) is 11.9 Å². The predicted molar refractivity (Wildman–Crippen MR) is 91.4 cm³/mol. The number of benzene rings is 1. The molecule has 23 heavy (non-hydrogen) atoms. The van der Waals surface area contributed by atoms with Crippen molar-refractivity contribution in [2.24, 2.45) is 0 Å². The lowest BCUT2D eigenvalue weighted by Crippen LogP contribution is -2.31. The Kier molecular flexibility index (Phi) is 4.23. The lowest BCUT2D eigenvalue weighted by Gasteiger charge is -2.15. The van der Waals surface area contributed by atoms with Gasteiger partial charge < -0.3 is 10.6 Å². The lowest BCUT2D eigenvalue weighted by molar-refractivity contribution is -0.116. The molecule has 2 N–H and O–H groups in total. The largest absolute Gasteiger partial charge is 0.371 e.